The molecular weight excluding hydrogens is 248 g/mol. The van der Waals surface area contributed by atoms with E-state index in [9.17, 15) is 5.11 Å². The minimum absolute atomic E-state index is 0.207. The van der Waals surface area contributed by atoms with Crippen LogP contribution in [-0.4, -0.2) is 15.3 Å². The van der Waals surface area contributed by atoms with Gasteiger partial charge in [0.15, 0.2) is 0 Å². The van der Waals surface area contributed by atoms with Crippen molar-refractivity contribution in [2.75, 3.05) is 0 Å². The quantitative estimate of drug-likeness (QED) is 0.829. The van der Waals surface area contributed by atoms with Gasteiger partial charge < -0.3 is 9.52 Å². The molecule has 0 radical (unpaired) electrons. The Morgan fingerprint density at radius 2 is 2.12 bits per heavy atom. The second-order valence-electron chi connectivity index (χ2n) is 3.28. The van der Waals surface area contributed by atoms with Crippen LogP contribution in [0.3, 0.4) is 0 Å². The minimum atomic E-state index is -0.682. The topological polar surface area (TPSA) is 62.1 Å². The van der Waals surface area contributed by atoms with E-state index < -0.39 is 6.10 Å². The fraction of sp³-hybridized carbons (Fsp3) is 0.200. The number of aromatic nitrogens is 2. The monoisotopic (exact) mass is 256 g/mol. The summed E-state index contributed by atoms with van der Waals surface area (Å²) in [5.74, 6) is 0.382. The highest BCUT2D eigenvalue weighted by molar-refractivity contribution is 7.71. The van der Waals surface area contributed by atoms with Crippen LogP contribution in [0.1, 0.15) is 17.6 Å². The van der Waals surface area contributed by atoms with E-state index in [2.05, 4.69) is 10.2 Å². The summed E-state index contributed by atoms with van der Waals surface area (Å²) in [5.41, 5.74) is 0.758. The smallest absolute Gasteiger partial charge is 0.284 e. The van der Waals surface area contributed by atoms with Gasteiger partial charge in [0.1, 0.15) is 0 Å². The zero-order valence-electron chi connectivity index (χ0n) is 8.18. The zero-order chi connectivity index (χ0) is 11.5. The Hall–Kier alpha value is -1.17. The molecule has 0 amide bonds. The molecule has 1 atom stereocenters. The first-order valence-corrected chi connectivity index (χ1v) is 5.41. The van der Waals surface area contributed by atoms with Gasteiger partial charge in [0.2, 0.25) is 5.89 Å². The molecule has 16 heavy (non-hydrogen) atoms. The van der Waals surface area contributed by atoms with E-state index in [1.165, 1.54) is 0 Å². The Kier molecular flexibility index (Phi) is 3.38. The van der Waals surface area contributed by atoms with Crippen molar-refractivity contribution in [3.8, 4) is 0 Å². The molecule has 0 aliphatic carbocycles. The number of halogens is 1. The third kappa shape index (κ3) is 2.69. The molecule has 6 heteroatoms. The van der Waals surface area contributed by atoms with E-state index in [0.29, 0.717) is 10.9 Å². The van der Waals surface area contributed by atoms with Crippen molar-refractivity contribution < 1.29 is 9.52 Å². The first-order chi connectivity index (χ1) is 7.65. The Bertz CT molecular complexity index is 520. The maximum Gasteiger partial charge on any atom is 0.284 e. The van der Waals surface area contributed by atoms with Crippen molar-refractivity contribution in [3.63, 3.8) is 0 Å². The molecule has 1 aromatic heterocycles. The van der Waals surface area contributed by atoms with Crippen LogP contribution in [0.2, 0.25) is 5.02 Å². The van der Waals surface area contributed by atoms with Crippen molar-refractivity contribution in [1.29, 1.82) is 0 Å². The summed E-state index contributed by atoms with van der Waals surface area (Å²) in [6, 6.07) is 6.96. The normalized spacial score (nSPS) is 12.6. The minimum Gasteiger partial charge on any atom is -0.414 e. The lowest BCUT2D eigenvalue weighted by atomic mass is 10.1. The van der Waals surface area contributed by atoms with E-state index in [-0.39, 0.29) is 11.3 Å². The highest BCUT2D eigenvalue weighted by atomic mass is 35.5. The van der Waals surface area contributed by atoms with Gasteiger partial charge in [0.25, 0.3) is 4.84 Å². The van der Waals surface area contributed by atoms with Crippen LogP contribution in [-0.2, 0) is 6.42 Å². The van der Waals surface area contributed by atoms with E-state index in [1.807, 2.05) is 0 Å². The number of benzene rings is 1. The summed E-state index contributed by atoms with van der Waals surface area (Å²) in [4.78, 5) is 0.207. The van der Waals surface area contributed by atoms with Crippen molar-refractivity contribution in [2.45, 2.75) is 12.5 Å². The van der Waals surface area contributed by atoms with Crippen molar-refractivity contribution in [3.05, 3.63) is 45.6 Å². The molecule has 0 fully saturated rings. The molecule has 0 aliphatic heterocycles. The molecule has 1 unspecified atom stereocenters. The van der Waals surface area contributed by atoms with Crippen LogP contribution in [0.15, 0.2) is 28.7 Å². The van der Waals surface area contributed by atoms with Gasteiger partial charge in [-0.15, -0.1) is 5.10 Å². The van der Waals surface area contributed by atoms with Crippen LogP contribution in [0.25, 0.3) is 0 Å². The van der Waals surface area contributed by atoms with Gasteiger partial charge in [-0.2, -0.15) is 0 Å². The molecule has 4 nitrogen and oxygen atoms in total. The highest BCUT2D eigenvalue weighted by Gasteiger charge is 2.11. The summed E-state index contributed by atoms with van der Waals surface area (Å²) in [6.07, 6.45) is -0.409. The van der Waals surface area contributed by atoms with Gasteiger partial charge in [-0.1, -0.05) is 23.7 Å². The summed E-state index contributed by atoms with van der Waals surface area (Å²) >= 11 is 10.5. The average molecular weight is 257 g/mol. The fourth-order valence-electron chi connectivity index (χ4n) is 1.32. The number of nitrogens with zero attached hydrogens (tertiary/aromatic N) is 1. The Morgan fingerprint density at radius 1 is 1.44 bits per heavy atom. The van der Waals surface area contributed by atoms with Crippen LogP contribution >= 0.6 is 23.8 Å². The number of nitrogens with one attached hydrogen (secondary N) is 1. The molecule has 84 valence electrons. The first-order valence-electron chi connectivity index (χ1n) is 4.63. The zero-order valence-corrected chi connectivity index (χ0v) is 9.76. The van der Waals surface area contributed by atoms with Gasteiger partial charge in [-0.3, -0.25) is 0 Å². The summed E-state index contributed by atoms with van der Waals surface area (Å²) < 4.78 is 5.06. The molecule has 2 aromatic rings. The Labute approximate surface area is 102 Å². The molecule has 1 aromatic carbocycles. The van der Waals surface area contributed by atoms with Gasteiger partial charge in [0, 0.05) is 5.02 Å². The molecule has 0 bridgehead atoms. The number of hydrogen-bond acceptors (Lipinski definition) is 4. The van der Waals surface area contributed by atoms with Crippen molar-refractivity contribution in [1.82, 2.24) is 10.2 Å². The van der Waals surface area contributed by atoms with E-state index >= 15 is 0 Å². The first kappa shape index (κ1) is 11.3. The summed E-state index contributed by atoms with van der Waals surface area (Å²) in [5, 5.41) is 16.8. The molecule has 0 spiro atoms. The number of rotatable bonds is 3. The van der Waals surface area contributed by atoms with E-state index in [4.69, 9.17) is 28.2 Å². The predicted molar refractivity (Wildman–Crippen MR) is 61.8 cm³/mol. The number of aliphatic hydroxyl groups excluding tert-OH is 1. The fourth-order valence-corrected chi connectivity index (χ4v) is 1.58. The molecule has 2 N–H and O–H groups in total. The predicted octanol–water partition coefficient (Wildman–Crippen LogP) is 2.66. The third-order valence-electron chi connectivity index (χ3n) is 2.11. The Balaban J connectivity index is 2.11. The van der Waals surface area contributed by atoms with Gasteiger partial charge >= 0.3 is 0 Å². The number of aromatic amines is 1. The van der Waals surface area contributed by atoms with Crippen LogP contribution in [0.5, 0.6) is 0 Å². The lowest BCUT2D eigenvalue weighted by molar-refractivity contribution is 0.168. The van der Waals surface area contributed by atoms with Gasteiger partial charge in [-0.05, 0) is 29.9 Å². The molecule has 0 aliphatic rings. The molecular formula is C10H9ClN2O2S. The standard InChI is InChI=1S/C10H9ClN2O2S/c11-7-3-1-6(2-4-7)8(14)5-9-12-13-10(16)15-9/h1-4,8,14H,5H2,(H,13,16). The van der Waals surface area contributed by atoms with Crippen molar-refractivity contribution in [2.24, 2.45) is 0 Å². The van der Waals surface area contributed by atoms with Crippen LogP contribution in [0.4, 0.5) is 0 Å². The molecule has 0 saturated heterocycles. The van der Waals surface area contributed by atoms with Crippen molar-refractivity contribution >= 4 is 23.8 Å². The number of hydrogen-bond donors (Lipinski definition) is 2. The highest BCUT2D eigenvalue weighted by Crippen LogP contribution is 2.19. The molecule has 0 saturated carbocycles. The average Bonchev–Trinajstić information content (AvgIpc) is 2.65. The van der Waals surface area contributed by atoms with Gasteiger partial charge in [-0.25, -0.2) is 5.10 Å². The maximum absolute atomic E-state index is 9.88. The van der Waals surface area contributed by atoms with Crippen LogP contribution in [0, 0.1) is 4.84 Å². The lowest BCUT2D eigenvalue weighted by Gasteiger charge is -2.07. The summed E-state index contributed by atoms with van der Waals surface area (Å²) in [7, 11) is 0. The largest absolute Gasteiger partial charge is 0.414 e. The molecule has 1 heterocycles. The Morgan fingerprint density at radius 3 is 2.69 bits per heavy atom. The third-order valence-corrected chi connectivity index (χ3v) is 2.53. The SMILES string of the molecule is OC(Cc1n[nH]c(=S)o1)c1ccc(Cl)cc1. The second kappa shape index (κ2) is 4.78. The van der Waals surface area contributed by atoms with Crippen LogP contribution < -0.4 is 0 Å². The number of aliphatic hydroxyl groups is 1. The van der Waals surface area contributed by atoms with E-state index in [1.54, 1.807) is 24.3 Å². The maximum atomic E-state index is 9.88. The van der Waals surface area contributed by atoms with Gasteiger partial charge in [0.05, 0.1) is 12.5 Å². The molecule has 2 rings (SSSR count). The number of H-pyrrole nitrogens is 1. The second-order valence-corrected chi connectivity index (χ2v) is 4.09. The summed E-state index contributed by atoms with van der Waals surface area (Å²) in [6.45, 7) is 0. The van der Waals surface area contributed by atoms with E-state index in [0.717, 1.165) is 5.56 Å². The lowest BCUT2D eigenvalue weighted by Crippen LogP contribution is -2.01.